The molecule has 4 aromatic rings. The number of aryl methyl sites for hydroxylation is 1. The first-order chi connectivity index (χ1) is 16.7. The molecule has 0 atom stereocenters. The number of carboxylic acid groups (broad SMARTS) is 1. The molecule has 35 heavy (non-hydrogen) atoms. The third-order valence-corrected chi connectivity index (χ3v) is 5.99. The van der Waals surface area contributed by atoms with E-state index in [9.17, 15) is 14.7 Å². The molecule has 0 fully saturated rings. The number of aromatic hydroxyl groups is 1. The van der Waals surface area contributed by atoms with Crippen molar-refractivity contribution in [1.82, 2.24) is 4.98 Å². The van der Waals surface area contributed by atoms with Gasteiger partial charge in [-0.05, 0) is 54.4 Å². The van der Waals surface area contributed by atoms with E-state index in [1.165, 1.54) is 11.8 Å². The van der Waals surface area contributed by atoms with Crippen LogP contribution in [0.15, 0.2) is 71.7 Å². The molecule has 0 aliphatic carbocycles. The summed E-state index contributed by atoms with van der Waals surface area (Å²) in [5.41, 5.74) is 4.62. The summed E-state index contributed by atoms with van der Waals surface area (Å²) in [5.74, 6) is -1.00. The number of aromatic amines is 1. The lowest BCUT2D eigenvalue weighted by Crippen LogP contribution is -2.22. The third kappa shape index (κ3) is 5.36. The fourth-order valence-electron chi connectivity index (χ4n) is 3.85. The molecule has 178 valence electrons. The number of fused-ring (bicyclic) bond motifs is 1. The highest BCUT2D eigenvalue weighted by atomic mass is 35.5. The number of carbonyl (C=O) groups is 2. The predicted octanol–water partition coefficient (Wildman–Crippen LogP) is 5.70. The van der Waals surface area contributed by atoms with Crippen LogP contribution in [0.3, 0.4) is 0 Å². The van der Waals surface area contributed by atoms with Crippen molar-refractivity contribution in [1.29, 1.82) is 0 Å². The number of hydrogen-bond acceptors (Lipinski definition) is 4. The van der Waals surface area contributed by atoms with E-state index in [2.05, 4.69) is 4.98 Å². The van der Waals surface area contributed by atoms with E-state index in [1.807, 2.05) is 30.3 Å². The molecule has 0 aliphatic rings. The van der Waals surface area contributed by atoms with Gasteiger partial charge < -0.3 is 20.1 Å². The van der Waals surface area contributed by atoms with Gasteiger partial charge in [-0.2, -0.15) is 0 Å². The standard InChI is InChI=1S/C27H24ClN3O4/c1-16(32)31(2)21-10-8-20(9-11-21)29-26(18-5-3-4-17(14-18)6-13-24(33)34)25-22-12-7-19(28)15-23(22)30-27(25)35/h3-5,7-12,14-15,30,35H,6,13H2,1-2H3,(H,33,34). The van der Waals surface area contributed by atoms with Crippen molar-refractivity contribution in [3.63, 3.8) is 0 Å². The number of anilines is 1. The number of carbonyl (C=O) groups excluding carboxylic acids is 1. The quantitative estimate of drug-likeness (QED) is 0.290. The molecular weight excluding hydrogens is 466 g/mol. The summed E-state index contributed by atoms with van der Waals surface area (Å²) < 4.78 is 0. The normalized spacial score (nSPS) is 11.6. The van der Waals surface area contributed by atoms with Crippen LogP contribution in [0.1, 0.15) is 30.0 Å². The molecular formula is C27H24ClN3O4. The number of halogens is 1. The van der Waals surface area contributed by atoms with E-state index >= 15 is 0 Å². The van der Waals surface area contributed by atoms with Crippen LogP contribution in [0, 0.1) is 0 Å². The number of aromatic nitrogens is 1. The summed E-state index contributed by atoms with van der Waals surface area (Å²) in [6, 6.07) is 20.0. The number of H-pyrrole nitrogens is 1. The highest BCUT2D eigenvalue weighted by molar-refractivity contribution is 6.31. The van der Waals surface area contributed by atoms with Gasteiger partial charge in [0.2, 0.25) is 5.91 Å². The average Bonchev–Trinajstić information content (AvgIpc) is 3.15. The van der Waals surface area contributed by atoms with Gasteiger partial charge in [0.25, 0.3) is 0 Å². The lowest BCUT2D eigenvalue weighted by Gasteiger charge is -2.15. The van der Waals surface area contributed by atoms with Crippen LogP contribution in [-0.2, 0) is 16.0 Å². The van der Waals surface area contributed by atoms with Crippen molar-refractivity contribution >= 4 is 51.5 Å². The highest BCUT2D eigenvalue weighted by Crippen LogP contribution is 2.33. The topological polar surface area (TPSA) is 106 Å². The number of aliphatic imine (C=N–C) groups is 1. The SMILES string of the molecule is CC(=O)N(C)c1ccc(N=C(c2cccc(CCC(=O)O)c2)c2c(O)[nH]c3cc(Cl)ccc23)cc1. The van der Waals surface area contributed by atoms with E-state index in [4.69, 9.17) is 21.7 Å². The molecule has 0 unspecified atom stereocenters. The van der Waals surface area contributed by atoms with Crippen LogP contribution < -0.4 is 4.90 Å². The molecule has 0 aliphatic heterocycles. The van der Waals surface area contributed by atoms with Crippen LogP contribution in [0.2, 0.25) is 5.02 Å². The molecule has 1 heterocycles. The lowest BCUT2D eigenvalue weighted by molar-refractivity contribution is -0.137. The summed E-state index contributed by atoms with van der Waals surface area (Å²) in [6.45, 7) is 1.49. The summed E-state index contributed by atoms with van der Waals surface area (Å²) in [7, 11) is 1.70. The summed E-state index contributed by atoms with van der Waals surface area (Å²) in [4.78, 5) is 32.1. The van der Waals surface area contributed by atoms with Gasteiger partial charge in [-0.1, -0.05) is 35.9 Å². The first kappa shape index (κ1) is 24.0. The second-order valence-corrected chi connectivity index (χ2v) is 8.62. The molecule has 0 saturated carbocycles. The van der Waals surface area contributed by atoms with Gasteiger partial charge in [-0.25, -0.2) is 4.99 Å². The Morgan fingerprint density at radius 2 is 1.80 bits per heavy atom. The average molecular weight is 490 g/mol. The monoisotopic (exact) mass is 489 g/mol. The number of benzene rings is 3. The van der Waals surface area contributed by atoms with Crippen LogP contribution in [-0.4, -0.2) is 39.8 Å². The maximum atomic E-state index is 11.7. The Labute approximate surface area is 207 Å². The van der Waals surface area contributed by atoms with Crippen LogP contribution >= 0.6 is 11.6 Å². The van der Waals surface area contributed by atoms with Crippen molar-refractivity contribution in [2.24, 2.45) is 4.99 Å². The second-order valence-electron chi connectivity index (χ2n) is 8.19. The number of rotatable bonds is 7. The zero-order valence-corrected chi connectivity index (χ0v) is 20.0. The predicted molar refractivity (Wildman–Crippen MR) is 138 cm³/mol. The van der Waals surface area contributed by atoms with Crippen molar-refractivity contribution in [2.45, 2.75) is 19.8 Å². The number of hydrogen-bond donors (Lipinski definition) is 3. The van der Waals surface area contributed by atoms with Gasteiger partial charge in [0.1, 0.15) is 0 Å². The van der Waals surface area contributed by atoms with Crippen LogP contribution in [0.25, 0.3) is 10.9 Å². The van der Waals surface area contributed by atoms with Gasteiger partial charge in [-0.15, -0.1) is 0 Å². The Kier molecular flexibility index (Phi) is 6.89. The number of nitrogens with one attached hydrogen (secondary N) is 1. The van der Waals surface area contributed by atoms with Crippen molar-refractivity contribution in [3.05, 3.63) is 88.4 Å². The number of amides is 1. The molecule has 7 nitrogen and oxygen atoms in total. The number of carboxylic acids is 1. The molecule has 0 radical (unpaired) electrons. The Hall–Kier alpha value is -4.10. The lowest BCUT2D eigenvalue weighted by atomic mass is 9.97. The molecule has 1 aromatic heterocycles. The number of nitrogens with zero attached hydrogens (tertiary/aromatic N) is 2. The second kappa shape index (κ2) is 10.0. The van der Waals surface area contributed by atoms with Crippen LogP contribution in [0.4, 0.5) is 11.4 Å². The van der Waals surface area contributed by atoms with E-state index in [-0.39, 0.29) is 18.2 Å². The minimum Gasteiger partial charge on any atom is -0.494 e. The molecule has 8 heteroatoms. The maximum absolute atomic E-state index is 11.7. The first-order valence-corrected chi connectivity index (χ1v) is 11.4. The highest BCUT2D eigenvalue weighted by Gasteiger charge is 2.19. The molecule has 3 aromatic carbocycles. The van der Waals surface area contributed by atoms with E-state index in [1.54, 1.807) is 43.4 Å². The van der Waals surface area contributed by atoms with Crippen molar-refractivity contribution in [2.75, 3.05) is 11.9 Å². The molecule has 0 spiro atoms. The smallest absolute Gasteiger partial charge is 0.303 e. The summed E-state index contributed by atoms with van der Waals surface area (Å²) >= 11 is 6.14. The van der Waals surface area contributed by atoms with E-state index in [0.717, 1.165) is 22.2 Å². The largest absolute Gasteiger partial charge is 0.494 e. The maximum Gasteiger partial charge on any atom is 0.303 e. The molecule has 0 bridgehead atoms. The Balaban J connectivity index is 1.86. The Morgan fingerprint density at radius 3 is 2.49 bits per heavy atom. The van der Waals surface area contributed by atoms with Gasteiger partial charge >= 0.3 is 5.97 Å². The third-order valence-electron chi connectivity index (χ3n) is 5.76. The van der Waals surface area contributed by atoms with E-state index < -0.39 is 5.97 Å². The number of aliphatic carboxylic acids is 1. The zero-order valence-electron chi connectivity index (χ0n) is 19.2. The van der Waals surface area contributed by atoms with E-state index in [0.29, 0.717) is 33.9 Å². The molecule has 4 rings (SSSR count). The molecule has 0 saturated heterocycles. The van der Waals surface area contributed by atoms with Crippen LogP contribution in [0.5, 0.6) is 5.88 Å². The minimum atomic E-state index is -0.869. The van der Waals surface area contributed by atoms with Gasteiger partial charge in [0.15, 0.2) is 5.88 Å². The van der Waals surface area contributed by atoms with Gasteiger partial charge in [-0.3, -0.25) is 9.59 Å². The zero-order chi connectivity index (χ0) is 25.1. The Bertz CT molecular complexity index is 1440. The Morgan fingerprint density at radius 1 is 1.06 bits per heavy atom. The van der Waals surface area contributed by atoms with Gasteiger partial charge in [0.05, 0.1) is 22.5 Å². The fourth-order valence-corrected chi connectivity index (χ4v) is 4.02. The summed E-state index contributed by atoms with van der Waals surface area (Å²) in [5, 5.41) is 21.2. The summed E-state index contributed by atoms with van der Waals surface area (Å²) in [6.07, 6.45) is 0.385. The minimum absolute atomic E-state index is 0.0118. The first-order valence-electron chi connectivity index (χ1n) is 11.0. The molecule has 1 amide bonds. The van der Waals surface area contributed by atoms with Crippen molar-refractivity contribution < 1.29 is 19.8 Å². The van der Waals surface area contributed by atoms with Gasteiger partial charge in [0, 0.05) is 42.1 Å². The van der Waals surface area contributed by atoms with Crippen molar-refractivity contribution in [3.8, 4) is 5.88 Å². The fraction of sp³-hybridized carbons (Fsp3) is 0.148. The molecule has 3 N–H and O–H groups in total.